The van der Waals surface area contributed by atoms with E-state index in [0.29, 0.717) is 18.1 Å². The predicted molar refractivity (Wildman–Crippen MR) is 85.6 cm³/mol. The lowest BCUT2D eigenvalue weighted by Gasteiger charge is -2.33. The van der Waals surface area contributed by atoms with Crippen LogP contribution in [-0.4, -0.2) is 36.8 Å². The SMILES string of the molecule is Cc1nc(N2CC3CCC(C2)O3)ccc1CNCC(C)C. The second-order valence-corrected chi connectivity index (χ2v) is 6.80. The van der Waals surface area contributed by atoms with Gasteiger partial charge in [-0.1, -0.05) is 19.9 Å². The van der Waals surface area contributed by atoms with Gasteiger partial charge >= 0.3 is 0 Å². The quantitative estimate of drug-likeness (QED) is 0.904. The number of anilines is 1. The molecule has 21 heavy (non-hydrogen) atoms. The highest BCUT2D eigenvalue weighted by molar-refractivity contribution is 5.42. The van der Waals surface area contributed by atoms with Gasteiger partial charge in [0.1, 0.15) is 5.82 Å². The zero-order valence-corrected chi connectivity index (χ0v) is 13.4. The molecule has 2 bridgehead atoms. The molecule has 0 radical (unpaired) electrons. The Morgan fingerprint density at radius 2 is 2.00 bits per heavy atom. The number of nitrogens with zero attached hydrogens (tertiary/aromatic N) is 2. The van der Waals surface area contributed by atoms with E-state index in [0.717, 1.165) is 37.7 Å². The zero-order chi connectivity index (χ0) is 14.8. The molecule has 2 atom stereocenters. The second-order valence-electron chi connectivity index (χ2n) is 6.80. The maximum absolute atomic E-state index is 5.90. The molecular weight excluding hydrogens is 262 g/mol. The van der Waals surface area contributed by atoms with Gasteiger partial charge < -0.3 is 15.0 Å². The van der Waals surface area contributed by atoms with Crippen LogP contribution in [0.3, 0.4) is 0 Å². The molecule has 1 N–H and O–H groups in total. The zero-order valence-electron chi connectivity index (χ0n) is 13.4. The van der Waals surface area contributed by atoms with E-state index in [-0.39, 0.29) is 0 Å². The number of ether oxygens (including phenoxy) is 1. The minimum Gasteiger partial charge on any atom is -0.371 e. The summed E-state index contributed by atoms with van der Waals surface area (Å²) in [6.07, 6.45) is 3.24. The van der Waals surface area contributed by atoms with Crippen LogP contribution in [-0.2, 0) is 11.3 Å². The standard InChI is InChI=1S/C17H27N3O/c1-12(2)8-18-9-14-4-7-17(19-13(14)3)20-10-15-5-6-16(11-20)21-15/h4,7,12,15-16,18H,5-6,8-11H2,1-3H3. The minimum absolute atomic E-state index is 0.415. The lowest BCUT2D eigenvalue weighted by molar-refractivity contribution is 0.0302. The fourth-order valence-corrected chi connectivity index (χ4v) is 3.24. The Labute approximate surface area is 127 Å². The van der Waals surface area contributed by atoms with Gasteiger partial charge in [-0.2, -0.15) is 0 Å². The van der Waals surface area contributed by atoms with Gasteiger partial charge in [0.2, 0.25) is 0 Å². The first-order chi connectivity index (χ1) is 10.1. The van der Waals surface area contributed by atoms with Crippen molar-refractivity contribution in [2.75, 3.05) is 24.5 Å². The number of hydrogen-bond donors (Lipinski definition) is 1. The van der Waals surface area contributed by atoms with Crippen LogP contribution < -0.4 is 10.2 Å². The summed E-state index contributed by atoms with van der Waals surface area (Å²) < 4.78 is 5.90. The summed E-state index contributed by atoms with van der Waals surface area (Å²) >= 11 is 0. The number of pyridine rings is 1. The van der Waals surface area contributed by atoms with Gasteiger partial charge in [-0.25, -0.2) is 4.98 Å². The molecule has 116 valence electrons. The Hall–Kier alpha value is -1.13. The van der Waals surface area contributed by atoms with E-state index in [2.05, 4.69) is 43.1 Å². The molecule has 1 aromatic rings. The van der Waals surface area contributed by atoms with Gasteiger partial charge in [0.05, 0.1) is 12.2 Å². The molecule has 0 spiro atoms. The number of fused-ring (bicyclic) bond motifs is 2. The number of rotatable bonds is 5. The van der Waals surface area contributed by atoms with Gasteiger partial charge in [0, 0.05) is 25.3 Å². The number of nitrogens with one attached hydrogen (secondary N) is 1. The van der Waals surface area contributed by atoms with E-state index in [4.69, 9.17) is 9.72 Å². The van der Waals surface area contributed by atoms with E-state index in [1.807, 2.05) is 0 Å². The minimum atomic E-state index is 0.415. The molecule has 2 aliphatic heterocycles. The molecule has 2 saturated heterocycles. The van der Waals surface area contributed by atoms with Crippen molar-refractivity contribution in [3.8, 4) is 0 Å². The molecule has 1 aromatic heterocycles. The summed E-state index contributed by atoms with van der Waals surface area (Å²) in [5, 5.41) is 3.49. The Balaban J connectivity index is 1.63. The molecule has 4 heteroatoms. The number of hydrogen-bond acceptors (Lipinski definition) is 4. The summed E-state index contributed by atoms with van der Waals surface area (Å²) in [6.45, 7) is 10.5. The normalized spacial score (nSPS) is 24.9. The summed E-state index contributed by atoms with van der Waals surface area (Å²) in [7, 11) is 0. The van der Waals surface area contributed by atoms with E-state index in [1.165, 1.54) is 18.4 Å². The summed E-state index contributed by atoms with van der Waals surface area (Å²) in [5.41, 5.74) is 2.44. The third kappa shape index (κ3) is 3.55. The van der Waals surface area contributed by atoms with Crippen LogP contribution in [0.15, 0.2) is 12.1 Å². The highest BCUT2D eigenvalue weighted by Crippen LogP contribution is 2.29. The summed E-state index contributed by atoms with van der Waals surface area (Å²) in [5.74, 6) is 1.79. The molecule has 0 aliphatic carbocycles. The Kier molecular flexibility index (Phi) is 4.45. The number of aromatic nitrogens is 1. The van der Waals surface area contributed by atoms with Crippen molar-refractivity contribution in [2.45, 2.75) is 52.4 Å². The predicted octanol–water partition coefficient (Wildman–Crippen LogP) is 2.50. The largest absolute Gasteiger partial charge is 0.371 e. The molecule has 0 aromatic carbocycles. The Morgan fingerprint density at radius 1 is 1.29 bits per heavy atom. The Morgan fingerprint density at radius 3 is 2.62 bits per heavy atom. The molecule has 4 nitrogen and oxygen atoms in total. The van der Waals surface area contributed by atoms with Crippen molar-refractivity contribution in [2.24, 2.45) is 5.92 Å². The molecule has 0 saturated carbocycles. The molecule has 0 amide bonds. The Bertz CT molecular complexity index is 477. The van der Waals surface area contributed by atoms with Crippen LogP contribution in [0.25, 0.3) is 0 Å². The van der Waals surface area contributed by atoms with Gasteiger partial charge in [0.15, 0.2) is 0 Å². The van der Waals surface area contributed by atoms with Crippen molar-refractivity contribution < 1.29 is 4.74 Å². The van der Waals surface area contributed by atoms with E-state index >= 15 is 0 Å². The van der Waals surface area contributed by atoms with Gasteiger partial charge in [0.25, 0.3) is 0 Å². The maximum atomic E-state index is 5.90. The average molecular weight is 289 g/mol. The van der Waals surface area contributed by atoms with Crippen LogP contribution in [0.5, 0.6) is 0 Å². The van der Waals surface area contributed by atoms with Crippen molar-refractivity contribution in [3.05, 3.63) is 23.4 Å². The summed E-state index contributed by atoms with van der Waals surface area (Å²) in [4.78, 5) is 7.21. The van der Waals surface area contributed by atoms with E-state index in [1.54, 1.807) is 0 Å². The van der Waals surface area contributed by atoms with Crippen LogP contribution in [0.4, 0.5) is 5.82 Å². The van der Waals surface area contributed by atoms with Crippen LogP contribution >= 0.6 is 0 Å². The molecular formula is C17H27N3O. The van der Waals surface area contributed by atoms with Gasteiger partial charge in [-0.05, 0) is 43.9 Å². The lowest BCUT2D eigenvalue weighted by atomic mass is 10.1. The highest BCUT2D eigenvalue weighted by atomic mass is 16.5. The second kappa shape index (κ2) is 6.32. The molecule has 3 heterocycles. The fraction of sp³-hybridized carbons (Fsp3) is 0.706. The number of aryl methyl sites for hydroxylation is 1. The smallest absolute Gasteiger partial charge is 0.128 e. The highest BCUT2D eigenvalue weighted by Gasteiger charge is 2.34. The fourth-order valence-electron chi connectivity index (χ4n) is 3.24. The van der Waals surface area contributed by atoms with E-state index < -0.39 is 0 Å². The first kappa shape index (κ1) is 14.8. The number of morpholine rings is 1. The molecule has 3 rings (SSSR count). The van der Waals surface area contributed by atoms with Gasteiger partial charge in [-0.15, -0.1) is 0 Å². The molecule has 2 fully saturated rings. The third-order valence-corrected chi connectivity index (χ3v) is 4.42. The van der Waals surface area contributed by atoms with Crippen molar-refractivity contribution in [1.82, 2.24) is 10.3 Å². The van der Waals surface area contributed by atoms with Crippen molar-refractivity contribution >= 4 is 5.82 Å². The van der Waals surface area contributed by atoms with Crippen molar-refractivity contribution in [1.29, 1.82) is 0 Å². The maximum Gasteiger partial charge on any atom is 0.128 e. The third-order valence-electron chi connectivity index (χ3n) is 4.42. The monoisotopic (exact) mass is 289 g/mol. The first-order valence-electron chi connectivity index (χ1n) is 8.19. The van der Waals surface area contributed by atoms with Crippen LogP contribution in [0.2, 0.25) is 0 Å². The van der Waals surface area contributed by atoms with E-state index in [9.17, 15) is 0 Å². The summed E-state index contributed by atoms with van der Waals surface area (Å²) in [6, 6.07) is 4.40. The first-order valence-corrected chi connectivity index (χ1v) is 8.19. The van der Waals surface area contributed by atoms with Crippen LogP contribution in [0, 0.1) is 12.8 Å². The molecule has 2 unspecified atom stereocenters. The lowest BCUT2D eigenvalue weighted by Crippen LogP contribution is -2.43. The van der Waals surface area contributed by atoms with Gasteiger partial charge in [-0.3, -0.25) is 0 Å². The average Bonchev–Trinajstić information content (AvgIpc) is 2.79. The van der Waals surface area contributed by atoms with Crippen molar-refractivity contribution in [3.63, 3.8) is 0 Å². The van der Waals surface area contributed by atoms with Crippen LogP contribution in [0.1, 0.15) is 37.9 Å². The molecule has 2 aliphatic rings. The topological polar surface area (TPSA) is 37.4 Å².